The van der Waals surface area contributed by atoms with Gasteiger partial charge in [0.15, 0.2) is 0 Å². The molecule has 0 saturated carbocycles. The van der Waals surface area contributed by atoms with Crippen LogP contribution in [0.5, 0.6) is 0 Å². The average molecular weight is 209 g/mol. The van der Waals surface area contributed by atoms with Gasteiger partial charge in [0.2, 0.25) is 0 Å². The molecule has 1 fully saturated rings. The molecule has 0 aliphatic carbocycles. The standard InChI is InChI=1S/C12H19NO2/c1-9-6-11(7-10(2)15-9)13-8-12-4-3-5-14-12/h3-5,9-11,13H,6-8H2,1-2H3/t9-,10+,11?. The smallest absolute Gasteiger partial charge is 0.117 e. The van der Waals surface area contributed by atoms with Crippen molar-refractivity contribution in [3.8, 4) is 0 Å². The molecule has 1 aliphatic heterocycles. The second-order valence-electron chi connectivity index (χ2n) is 4.39. The minimum Gasteiger partial charge on any atom is -0.468 e. The minimum absolute atomic E-state index is 0.364. The molecule has 1 N–H and O–H groups in total. The van der Waals surface area contributed by atoms with Crippen molar-refractivity contribution in [2.24, 2.45) is 0 Å². The van der Waals surface area contributed by atoms with E-state index in [0.717, 1.165) is 25.1 Å². The predicted molar refractivity (Wildman–Crippen MR) is 58.6 cm³/mol. The van der Waals surface area contributed by atoms with Gasteiger partial charge >= 0.3 is 0 Å². The van der Waals surface area contributed by atoms with Crippen LogP contribution in [0.4, 0.5) is 0 Å². The first kappa shape index (κ1) is 10.7. The van der Waals surface area contributed by atoms with E-state index >= 15 is 0 Å². The molecule has 3 heteroatoms. The van der Waals surface area contributed by atoms with E-state index in [-0.39, 0.29) is 0 Å². The Balaban J connectivity index is 1.79. The Labute approximate surface area is 90.8 Å². The normalized spacial score (nSPS) is 31.7. The summed E-state index contributed by atoms with van der Waals surface area (Å²) in [5.74, 6) is 1.00. The number of hydrogen-bond donors (Lipinski definition) is 1. The van der Waals surface area contributed by atoms with Crippen molar-refractivity contribution < 1.29 is 9.15 Å². The fourth-order valence-corrected chi connectivity index (χ4v) is 2.23. The van der Waals surface area contributed by atoms with Crippen LogP contribution in [0.1, 0.15) is 32.4 Å². The fourth-order valence-electron chi connectivity index (χ4n) is 2.23. The molecule has 2 rings (SSSR count). The van der Waals surface area contributed by atoms with E-state index in [1.165, 1.54) is 0 Å². The Kier molecular flexibility index (Phi) is 3.44. The first-order valence-corrected chi connectivity index (χ1v) is 5.65. The second kappa shape index (κ2) is 4.81. The molecule has 1 aliphatic rings. The Bertz CT molecular complexity index is 274. The maximum Gasteiger partial charge on any atom is 0.117 e. The highest BCUT2D eigenvalue weighted by molar-refractivity contribution is 4.98. The Hall–Kier alpha value is -0.800. The summed E-state index contributed by atoms with van der Waals surface area (Å²) in [5.41, 5.74) is 0. The van der Waals surface area contributed by atoms with Gasteiger partial charge in [0, 0.05) is 6.04 Å². The van der Waals surface area contributed by atoms with E-state index in [9.17, 15) is 0 Å². The summed E-state index contributed by atoms with van der Waals surface area (Å²) >= 11 is 0. The van der Waals surface area contributed by atoms with Gasteiger partial charge in [-0.05, 0) is 38.8 Å². The predicted octanol–water partition coefficient (Wildman–Crippen LogP) is 2.33. The molecule has 0 amide bonds. The molecule has 0 radical (unpaired) electrons. The molecule has 15 heavy (non-hydrogen) atoms. The lowest BCUT2D eigenvalue weighted by Gasteiger charge is -2.32. The number of rotatable bonds is 3. The van der Waals surface area contributed by atoms with Crippen LogP contribution in [-0.2, 0) is 11.3 Å². The van der Waals surface area contributed by atoms with Crippen molar-refractivity contribution in [2.75, 3.05) is 0 Å². The van der Waals surface area contributed by atoms with Crippen LogP contribution in [0.25, 0.3) is 0 Å². The molecule has 0 bridgehead atoms. The van der Waals surface area contributed by atoms with E-state index in [1.807, 2.05) is 12.1 Å². The van der Waals surface area contributed by atoms with Gasteiger partial charge in [-0.15, -0.1) is 0 Å². The van der Waals surface area contributed by atoms with Gasteiger partial charge in [0.1, 0.15) is 5.76 Å². The van der Waals surface area contributed by atoms with Gasteiger partial charge in [-0.25, -0.2) is 0 Å². The van der Waals surface area contributed by atoms with E-state index in [2.05, 4.69) is 19.2 Å². The van der Waals surface area contributed by atoms with Crippen LogP contribution in [0.15, 0.2) is 22.8 Å². The Morgan fingerprint density at radius 2 is 2.07 bits per heavy atom. The molecule has 2 heterocycles. The van der Waals surface area contributed by atoms with Crippen molar-refractivity contribution in [1.82, 2.24) is 5.32 Å². The summed E-state index contributed by atoms with van der Waals surface area (Å²) in [4.78, 5) is 0. The summed E-state index contributed by atoms with van der Waals surface area (Å²) < 4.78 is 11.0. The molecule has 84 valence electrons. The van der Waals surface area contributed by atoms with Crippen LogP contribution >= 0.6 is 0 Å². The van der Waals surface area contributed by atoms with Gasteiger partial charge in [-0.1, -0.05) is 0 Å². The molecule has 3 nitrogen and oxygen atoms in total. The topological polar surface area (TPSA) is 34.4 Å². The van der Waals surface area contributed by atoms with Crippen LogP contribution in [0.2, 0.25) is 0 Å². The highest BCUT2D eigenvalue weighted by Crippen LogP contribution is 2.19. The summed E-state index contributed by atoms with van der Waals surface area (Å²) in [5, 5.41) is 3.51. The first-order chi connectivity index (χ1) is 7.24. The molecule has 1 aromatic rings. The van der Waals surface area contributed by atoms with Crippen LogP contribution in [-0.4, -0.2) is 18.2 Å². The lowest BCUT2D eigenvalue weighted by atomic mass is 10.00. The zero-order valence-corrected chi connectivity index (χ0v) is 9.40. The van der Waals surface area contributed by atoms with Gasteiger partial charge < -0.3 is 14.5 Å². The van der Waals surface area contributed by atoms with Gasteiger partial charge in [-0.2, -0.15) is 0 Å². The number of ether oxygens (including phenoxy) is 1. The van der Waals surface area contributed by atoms with Crippen molar-refractivity contribution in [2.45, 2.75) is 51.5 Å². The zero-order chi connectivity index (χ0) is 10.7. The maximum atomic E-state index is 5.69. The molecule has 0 aromatic carbocycles. The SMILES string of the molecule is C[C@@H]1CC(NCc2ccco2)C[C@H](C)O1. The first-order valence-electron chi connectivity index (χ1n) is 5.65. The van der Waals surface area contributed by atoms with E-state index < -0.39 is 0 Å². The van der Waals surface area contributed by atoms with E-state index in [0.29, 0.717) is 18.2 Å². The van der Waals surface area contributed by atoms with Crippen LogP contribution in [0.3, 0.4) is 0 Å². The van der Waals surface area contributed by atoms with Crippen molar-refractivity contribution >= 4 is 0 Å². The summed E-state index contributed by atoms with van der Waals surface area (Å²) in [7, 11) is 0. The summed E-state index contributed by atoms with van der Waals surface area (Å²) in [6.45, 7) is 5.09. The lowest BCUT2D eigenvalue weighted by Crippen LogP contribution is -2.40. The van der Waals surface area contributed by atoms with Crippen molar-refractivity contribution in [1.29, 1.82) is 0 Å². The monoisotopic (exact) mass is 209 g/mol. The van der Waals surface area contributed by atoms with Crippen LogP contribution < -0.4 is 5.32 Å². The van der Waals surface area contributed by atoms with Crippen molar-refractivity contribution in [3.63, 3.8) is 0 Å². The second-order valence-corrected chi connectivity index (χ2v) is 4.39. The fraction of sp³-hybridized carbons (Fsp3) is 0.667. The van der Waals surface area contributed by atoms with Crippen LogP contribution in [0, 0.1) is 0 Å². The van der Waals surface area contributed by atoms with Gasteiger partial charge in [-0.3, -0.25) is 0 Å². The molecule has 1 unspecified atom stereocenters. The van der Waals surface area contributed by atoms with Gasteiger partial charge in [0.05, 0.1) is 25.0 Å². The maximum absolute atomic E-state index is 5.69. The molecular weight excluding hydrogens is 190 g/mol. The highest BCUT2D eigenvalue weighted by atomic mass is 16.5. The molecule has 3 atom stereocenters. The Morgan fingerprint density at radius 3 is 2.67 bits per heavy atom. The number of hydrogen-bond acceptors (Lipinski definition) is 3. The third-order valence-electron chi connectivity index (χ3n) is 2.84. The number of furan rings is 1. The van der Waals surface area contributed by atoms with E-state index in [1.54, 1.807) is 6.26 Å². The largest absolute Gasteiger partial charge is 0.468 e. The number of nitrogens with one attached hydrogen (secondary N) is 1. The van der Waals surface area contributed by atoms with Gasteiger partial charge in [0.25, 0.3) is 0 Å². The molecule has 1 saturated heterocycles. The third-order valence-corrected chi connectivity index (χ3v) is 2.84. The third kappa shape index (κ3) is 3.08. The minimum atomic E-state index is 0.364. The lowest BCUT2D eigenvalue weighted by molar-refractivity contribution is -0.0424. The Morgan fingerprint density at radius 1 is 1.33 bits per heavy atom. The molecule has 1 aromatic heterocycles. The van der Waals surface area contributed by atoms with Crippen molar-refractivity contribution in [3.05, 3.63) is 24.2 Å². The zero-order valence-electron chi connectivity index (χ0n) is 9.40. The van der Waals surface area contributed by atoms with E-state index in [4.69, 9.17) is 9.15 Å². The highest BCUT2D eigenvalue weighted by Gasteiger charge is 2.23. The molecular formula is C12H19NO2. The average Bonchev–Trinajstić information content (AvgIpc) is 2.65. The molecule has 0 spiro atoms. The quantitative estimate of drug-likeness (QED) is 0.829. The summed E-state index contributed by atoms with van der Waals surface area (Å²) in [6, 6.07) is 4.47. The summed E-state index contributed by atoms with van der Waals surface area (Å²) in [6.07, 6.45) is 4.62.